The van der Waals surface area contributed by atoms with Gasteiger partial charge in [0, 0.05) is 14.5 Å². The van der Waals surface area contributed by atoms with Gasteiger partial charge in [0.2, 0.25) is 5.91 Å². The van der Waals surface area contributed by atoms with Crippen LogP contribution in [0.3, 0.4) is 0 Å². The standard InChI is InChI=1S/C18H30O4.C5H9NO.C4H8O2.H2/c1-14(6-8-17-20-9-4-10-21-17)5-7-16-11-15(13-19)12-18(2,3)22-16;1-2-3-4-5(6)7;1-3(2)4(5)6;/h5-7,15-17,19H,4,8-13H2,1-3H3;3-4H,2H2,1H3,(H2,6,7);3H,1-2H3,(H,5,6);1H/b7-5+,14-6+;4-3-;;/t15?,16-;;;/m1.../s1. The number of hydrogen-bond donors (Lipinski definition) is 3. The van der Waals surface area contributed by atoms with E-state index in [2.05, 4.69) is 39.0 Å². The topological polar surface area (TPSA) is 128 Å². The van der Waals surface area contributed by atoms with Crippen LogP contribution in [0.5, 0.6) is 0 Å². The molecule has 2 saturated heterocycles. The normalized spacial score (nSPS) is 22.9. The zero-order valence-corrected chi connectivity index (χ0v) is 22.4. The number of aliphatic carboxylic acids is 1. The quantitative estimate of drug-likeness (QED) is 0.328. The lowest BCUT2D eigenvalue weighted by molar-refractivity contribution is -0.175. The summed E-state index contributed by atoms with van der Waals surface area (Å²) in [6, 6.07) is 0. The van der Waals surface area contributed by atoms with E-state index in [-0.39, 0.29) is 37.9 Å². The summed E-state index contributed by atoms with van der Waals surface area (Å²) in [5, 5.41) is 17.4. The van der Waals surface area contributed by atoms with E-state index >= 15 is 0 Å². The van der Waals surface area contributed by atoms with E-state index in [1.54, 1.807) is 19.9 Å². The van der Waals surface area contributed by atoms with E-state index in [4.69, 9.17) is 25.1 Å². The van der Waals surface area contributed by atoms with Crippen molar-refractivity contribution in [3.05, 3.63) is 36.0 Å². The van der Waals surface area contributed by atoms with E-state index in [1.807, 2.05) is 6.92 Å². The van der Waals surface area contributed by atoms with E-state index < -0.39 is 5.97 Å². The minimum absolute atomic E-state index is 0. The predicted octanol–water partition coefficient (Wildman–Crippen LogP) is 4.62. The number of carboxylic acid groups (broad SMARTS) is 1. The first-order chi connectivity index (χ1) is 16.4. The van der Waals surface area contributed by atoms with Gasteiger partial charge in [-0.2, -0.15) is 0 Å². The number of amides is 1. The zero-order chi connectivity index (χ0) is 26.9. The van der Waals surface area contributed by atoms with E-state index in [0.29, 0.717) is 5.92 Å². The van der Waals surface area contributed by atoms with Gasteiger partial charge in [-0.3, -0.25) is 9.59 Å². The molecule has 204 valence electrons. The third kappa shape index (κ3) is 18.0. The lowest BCUT2D eigenvalue weighted by Crippen LogP contribution is -2.39. The van der Waals surface area contributed by atoms with Crippen LogP contribution in [0.1, 0.15) is 75.1 Å². The molecule has 0 saturated carbocycles. The summed E-state index contributed by atoms with van der Waals surface area (Å²) >= 11 is 0. The third-order valence-corrected chi connectivity index (χ3v) is 5.19. The molecule has 8 heteroatoms. The first kappa shape index (κ1) is 33.0. The predicted molar refractivity (Wildman–Crippen MR) is 140 cm³/mol. The van der Waals surface area contributed by atoms with Gasteiger partial charge in [0.15, 0.2) is 6.29 Å². The van der Waals surface area contributed by atoms with Gasteiger partial charge in [0.1, 0.15) is 0 Å². The number of carboxylic acids is 1. The lowest BCUT2D eigenvalue weighted by atomic mass is 9.86. The third-order valence-electron chi connectivity index (χ3n) is 5.19. The summed E-state index contributed by atoms with van der Waals surface area (Å²) < 4.78 is 17.1. The fourth-order valence-electron chi connectivity index (χ4n) is 3.39. The van der Waals surface area contributed by atoms with Crippen molar-refractivity contribution < 1.29 is 35.4 Å². The van der Waals surface area contributed by atoms with Crippen molar-refractivity contribution in [2.24, 2.45) is 17.6 Å². The van der Waals surface area contributed by atoms with Gasteiger partial charge in [-0.15, -0.1) is 0 Å². The van der Waals surface area contributed by atoms with Gasteiger partial charge >= 0.3 is 5.97 Å². The highest BCUT2D eigenvalue weighted by molar-refractivity contribution is 5.85. The fraction of sp³-hybridized carbons (Fsp3) is 0.704. The van der Waals surface area contributed by atoms with E-state index in [1.165, 1.54) is 11.6 Å². The molecule has 1 amide bonds. The van der Waals surface area contributed by atoms with E-state index in [0.717, 1.165) is 45.3 Å². The van der Waals surface area contributed by atoms with Crippen LogP contribution in [-0.2, 0) is 23.8 Å². The molecule has 4 N–H and O–H groups in total. The molecule has 2 atom stereocenters. The minimum Gasteiger partial charge on any atom is -0.481 e. The molecule has 0 bridgehead atoms. The van der Waals surface area contributed by atoms with Crippen molar-refractivity contribution in [1.29, 1.82) is 0 Å². The second-order valence-electron chi connectivity index (χ2n) is 9.68. The molecule has 2 fully saturated rings. The fourth-order valence-corrected chi connectivity index (χ4v) is 3.39. The summed E-state index contributed by atoms with van der Waals surface area (Å²) in [5.74, 6) is -1.02. The Balaban J connectivity index is 0. The van der Waals surface area contributed by atoms with Crippen LogP contribution in [0, 0.1) is 11.8 Å². The van der Waals surface area contributed by atoms with Crippen molar-refractivity contribution >= 4 is 11.9 Å². The van der Waals surface area contributed by atoms with Crippen molar-refractivity contribution in [2.45, 2.75) is 91.6 Å². The number of allylic oxidation sites excluding steroid dienone is 3. The summed E-state index contributed by atoms with van der Waals surface area (Å²) in [6.45, 7) is 13.3. The number of aliphatic hydroxyl groups excluding tert-OH is 1. The number of nitrogens with two attached hydrogens (primary N) is 1. The number of aliphatic hydroxyl groups is 1. The minimum atomic E-state index is -0.741. The molecule has 2 rings (SSSR count). The molecule has 2 aliphatic heterocycles. The molecule has 0 aromatic heterocycles. The van der Waals surface area contributed by atoms with Crippen molar-refractivity contribution in [2.75, 3.05) is 19.8 Å². The Hall–Kier alpha value is -2.00. The molecule has 0 aliphatic carbocycles. The number of hydrogen-bond acceptors (Lipinski definition) is 6. The maximum atomic E-state index is 9.89. The smallest absolute Gasteiger partial charge is 0.305 e. The molecule has 0 radical (unpaired) electrons. The first-order valence-electron chi connectivity index (χ1n) is 12.5. The monoisotopic (exact) mass is 499 g/mol. The number of carbonyl (C=O) groups excluding carboxylic acids is 1. The highest BCUT2D eigenvalue weighted by Gasteiger charge is 2.33. The average Bonchev–Trinajstić information content (AvgIpc) is 2.80. The lowest BCUT2D eigenvalue weighted by Gasteiger charge is -2.39. The average molecular weight is 500 g/mol. The van der Waals surface area contributed by atoms with Gasteiger partial charge in [-0.25, -0.2) is 0 Å². The Kier molecular flexibility index (Phi) is 17.2. The Morgan fingerprint density at radius 2 is 1.80 bits per heavy atom. The molecule has 2 heterocycles. The van der Waals surface area contributed by atoms with Crippen molar-refractivity contribution in [1.82, 2.24) is 0 Å². The van der Waals surface area contributed by atoms with Gasteiger partial charge in [-0.1, -0.05) is 50.6 Å². The van der Waals surface area contributed by atoms with Crippen LogP contribution in [0.2, 0.25) is 0 Å². The molecule has 0 aromatic carbocycles. The maximum Gasteiger partial charge on any atom is 0.305 e. The summed E-state index contributed by atoms with van der Waals surface area (Å²) in [5.41, 5.74) is 5.77. The second-order valence-corrected chi connectivity index (χ2v) is 9.68. The SMILES string of the molecule is CC(/C=C/[C@@H]1CC(CO)CC(C)(C)O1)=C\CC1OCCCO1.CC(C)C(=O)O.CC/C=C\C(N)=O.[HH]. The summed E-state index contributed by atoms with van der Waals surface area (Å²) in [4.78, 5) is 19.6. The highest BCUT2D eigenvalue weighted by atomic mass is 16.7. The van der Waals surface area contributed by atoms with Crippen molar-refractivity contribution in [3.8, 4) is 0 Å². The number of ether oxygens (including phenoxy) is 3. The number of carbonyl (C=O) groups is 2. The Labute approximate surface area is 212 Å². The van der Waals surface area contributed by atoms with Gasteiger partial charge in [0.25, 0.3) is 0 Å². The number of primary amides is 1. The van der Waals surface area contributed by atoms with Crippen LogP contribution in [0.4, 0.5) is 0 Å². The van der Waals surface area contributed by atoms with Crippen LogP contribution in [0.25, 0.3) is 0 Å². The van der Waals surface area contributed by atoms with Gasteiger partial charge in [-0.05, 0) is 58.4 Å². The molecular weight excluding hydrogens is 450 g/mol. The van der Waals surface area contributed by atoms with Crippen LogP contribution in [0.15, 0.2) is 36.0 Å². The van der Waals surface area contributed by atoms with Crippen molar-refractivity contribution in [3.63, 3.8) is 0 Å². The Morgan fingerprint density at radius 1 is 1.20 bits per heavy atom. The molecule has 2 aliphatic rings. The van der Waals surface area contributed by atoms with Crippen LogP contribution >= 0.6 is 0 Å². The molecule has 8 nitrogen and oxygen atoms in total. The van der Waals surface area contributed by atoms with Gasteiger partial charge in [0.05, 0.1) is 30.8 Å². The maximum absolute atomic E-state index is 9.89. The molecule has 35 heavy (non-hydrogen) atoms. The Bertz CT molecular complexity index is 698. The first-order valence-corrected chi connectivity index (χ1v) is 12.5. The van der Waals surface area contributed by atoms with Crippen LogP contribution < -0.4 is 5.73 Å². The van der Waals surface area contributed by atoms with Crippen LogP contribution in [-0.4, -0.2) is 59.9 Å². The van der Waals surface area contributed by atoms with Gasteiger partial charge < -0.3 is 30.2 Å². The molecule has 0 spiro atoms. The van der Waals surface area contributed by atoms with E-state index in [9.17, 15) is 14.7 Å². The number of rotatable bonds is 8. The highest BCUT2D eigenvalue weighted by Crippen LogP contribution is 2.32. The largest absolute Gasteiger partial charge is 0.481 e. The summed E-state index contributed by atoms with van der Waals surface area (Å²) in [7, 11) is 0. The summed E-state index contributed by atoms with van der Waals surface area (Å²) in [6.07, 6.45) is 13.9. The second kappa shape index (κ2) is 18.3. The zero-order valence-electron chi connectivity index (χ0n) is 22.4. The molecule has 0 aromatic rings. The molecule has 1 unspecified atom stereocenters. The molecular formula is C27H49NO7. The Morgan fingerprint density at radius 3 is 2.26 bits per heavy atom.